The van der Waals surface area contributed by atoms with Gasteiger partial charge in [0.1, 0.15) is 0 Å². The van der Waals surface area contributed by atoms with Gasteiger partial charge in [0.2, 0.25) is 6.79 Å². The van der Waals surface area contributed by atoms with Crippen molar-refractivity contribution in [2.75, 3.05) is 6.79 Å². The highest BCUT2D eigenvalue weighted by molar-refractivity contribution is 6.34. The molecule has 5 heteroatoms. The molecular weight excluding hydrogens is 300 g/mol. The van der Waals surface area contributed by atoms with Crippen molar-refractivity contribution in [3.8, 4) is 22.9 Å². The fourth-order valence-electron chi connectivity index (χ4n) is 2.62. The number of nitrogens with one attached hydrogen (secondary N) is 1. The van der Waals surface area contributed by atoms with Crippen LogP contribution in [0.15, 0.2) is 30.3 Å². The van der Waals surface area contributed by atoms with Gasteiger partial charge in [0.15, 0.2) is 5.75 Å². The number of hydrogen-bond acceptors (Lipinski definition) is 3. The number of ether oxygens (including phenoxy) is 2. The molecule has 0 bridgehead atoms. The monoisotopic (exact) mass is 314 g/mol. The molecule has 0 aliphatic carbocycles. The Morgan fingerprint density at radius 2 is 2.05 bits per heavy atom. The molecule has 0 atom stereocenters. The lowest BCUT2D eigenvalue weighted by atomic mass is 10.1. The van der Waals surface area contributed by atoms with Gasteiger partial charge in [0, 0.05) is 22.2 Å². The summed E-state index contributed by atoms with van der Waals surface area (Å²) in [6, 6.07) is 9.91. The van der Waals surface area contributed by atoms with E-state index >= 15 is 0 Å². The summed E-state index contributed by atoms with van der Waals surface area (Å²) in [6.45, 7) is 4.53. The van der Waals surface area contributed by atoms with Crippen molar-refractivity contribution < 1.29 is 9.47 Å². The van der Waals surface area contributed by atoms with Gasteiger partial charge in [0.05, 0.1) is 10.7 Å². The average Bonchev–Trinajstić information content (AvgIpc) is 3.11. The molecule has 0 saturated carbocycles. The predicted octanol–water partition coefficient (Wildman–Crippen LogP) is 4.74. The van der Waals surface area contributed by atoms with Crippen molar-refractivity contribution in [1.29, 1.82) is 0 Å². The first-order chi connectivity index (χ1) is 10.6. The Balaban J connectivity index is 1.85. The smallest absolute Gasteiger partial charge is 0.260 e. The van der Waals surface area contributed by atoms with Crippen LogP contribution in [0.2, 0.25) is 5.02 Å². The van der Waals surface area contributed by atoms with Crippen LogP contribution in [-0.4, -0.2) is 16.8 Å². The third kappa shape index (κ3) is 2.11. The van der Waals surface area contributed by atoms with Gasteiger partial charge in [-0.25, -0.2) is 4.98 Å². The Labute approximate surface area is 133 Å². The van der Waals surface area contributed by atoms with E-state index in [0.29, 0.717) is 22.6 Å². The standard InChI is InChI=1S/C17H15ClN2O2/c1-9(2)14-6-10-5-12(18)11(7-15(10)19-14)13-3-4-16-17(20-13)22-8-21-16/h3-7,9,19H,8H2,1-2H3. The number of aromatic amines is 1. The van der Waals surface area contributed by atoms with Crippen LogP contribution in [0.1, 0.15) is 25.5 Å². The molecule has 4 rings (SSSR count). The molecular formula is C17H15ClN2O2. The fraction of sp³-hybridized carbons (Fsp3) is 0.235. The van der Waals surface area contributed by atoms with Crippen molar-refractivity contribution in [1.82, 2.24) is 9.97 Å². The molecule has 0 radical (unpaired) electrons. The Morgan fingerprint density at radius 3 is 2.86 bits per heavy atom. The fourth-order valence-corrected chi connectivity index (χ4v) is 2.89. The van der Waals surface area contributed by atoms with Crippen molar-refractivity contribution in [2.24, 2.45) is 0 Å². The molecule has 1 N–H and O–H groups in total. The van der Waals surface area contributed by atoms with Gasteiger partial charge in [0.25, 0.3) is 5.88 Å². The number of aromatic nitrogens is 2. The van der Waals surface area contributed by atoms with Crippen LogP contribution in [0.3, 0.4) is 0 Å². The van der Waals surface area contributed by atoms with Crippen molar-refractivity contribution in [2.45, 2.75) is 19.8 Å². The molecule has 112 valence electrons. The minimum atomic E-state index is 0.215. The first kappa shape index (κ1) is 13.5. The first-order valence-electron chi connectivity index (χ1n) is 7.21. The number of benzene rings is 1. The van der Waals surface area contributed by atoms with Gasteiger partial charge in [-0.15, -0.1) is 0 Å². The van der Waals surface area contributed by atoms with Crippen molar-refractivity contribution >= 4 is 22.5 Å². The zero-order valence-electron chi connectivity index (χ0n) is 12.3. The minimum absolute atomic E-state index is 0.215. The minimum Gasteiger partial charge on any atom is -0.452 e. The normalized spacial score (nSPS) is 13.3. The summed E-state index contributed by atoms with van der Waals surface area (Å²) in [5.74, 6) is 1.63. The second kappa shape index (κ2) is 4.92. The lowest BCUT2D eigenvalue weighted by molar-refractivity contribution is 0.171. The maximum absolute atomic E-state index is 6.45. The Bertz CT molecular complexity index is 870. The van der Waals surface area contributed by atoms with Gasteiger partial charge < -0.3 is 14.5 Å². The van der Waals surface area contributed by atoms with E-state index in [0.717, 1.165) is 22.2 Å². The lowest BCUT2D eigenvalue weighted by Gasteiger charge is -2.05. The van der Waals surface area contributed by atoms with E-state index in [9.17, 15) is 0 Å². The topological polar surface area (TPSA) is 47.1 Å². The van der Waals surface area contributed by atoms with E-state index in [4.69, 9.17) is 21.1 Å². The molecule has 1 aliphatic heterocycles. The van der Waals surface area contributed by atoms with Crippen molar-refractivity contribution in [3.63, 3.8) is 0 Å². The summed E-state index contributed by atoms with van der Waals surface area (Å²) >= 11 is 6.45. The van der Waals surface area contributed by atoms with Crippen molar-refractivity contribution in [3.05, 3.63) is 41.0 Å². The number of fused-ring (bicyclic) bond motifs is 2. The van der Waals surface area contributed by atoms with E-state index in [1.54, 1.807) is 0 Å². The second-order valence-electron chi connectivity index (χ2n) is 5.70. The Kier molecular flexibility index (Phi) is 3.01. The summed E-state index contributed by atoms with van der Waals surface area (Å²) in [4.78, 5) is 7.93. The van der Waals surface area contributed by atoms with Crippen LogP contribution in [0.5, 0.6) is 11.6 Å². The molecule has 22 heavy (non-hydrogen) atoms. The van der Waals surface area contributed by atoms with E-state index < -0.39 is 0 Å². The highest BCUT2D eigenvalue weighted by atomic mass is 35.5. The molecule has 2 aromatic heterocycles. The molecule has 3 heterocycles. The van der Waals surface area contributed by atoms with E-state index in [1.165, 1.54) is 5.69 Å². The number of pyridine rings is 1. The number of halogens is 1. The zero-order valence-corrected chi connectivity index (χ0v) is 13.1. The summed E-state index contributed by atoms with van der Waals surface area (Å²) in [5.41, 5.74) is 3.91. The van der Waals surface area contributed by atoms with Gasteiger partial charge in [-0.2, -0.15) is 0 Å². The van der Waals surface area contributed by atoms with Crippen LogP contribution in [0.4, 0.5) is 0 Å². The zero-order chi connectivity index (χ0) is 15.3. The molecule has 1 aromatic carbocycles. The average molecular weight is 315 g/mol. The quantitative estimate of drug-likeness (QED) is 0.743. The molecule has 1 aliphatic rings. The molecule has 0 amide bonds. The SMILES string of the molecule is CC(C)c1cc2cc(Cl)c(-c3ccc4c(n3)OCO4)cc2[nH]1. The molecule has 0 saturated heterocycles. The van der Waals surface area contributed by atoms with Gasteiger partial charge in [-0.1, -0.05) is 25.4 Å². The third-order valence-electron chi connectivity index (χ3n) is 3.86. The number of rotatable bonds is 2. The lowest BCUT2D eigenvalue weighted by Crippen LogP contribution is -1.93. The third-order valence-corrected chi connectivity index (χ3v) is 4.18. The van der Waals surface area contributed by atoms with Crippen LogP contribution in [-0.2, 0) is 0 Å². The van der Waals surface area contributed by atoms with E-state index in [1.807, 2.05) is 24.3 Å². The van der Waals surface area contributed by atoms with Gasteiger partial charge in [-0.05, 0) is 36.2 Å². The Morgan fingerprint density at radius 1 is 1.18 bits per heavy atom. The summed E-state index contributed by atoms with van der Waals surface area (Å²) in [7, 11) is 0. The first-order valence-corrected chi connectivity index (χ1v) is 7.59. The number of hydrogen-bond donors (Lipinski definition) is 1. The second-order valence-corrected chi connectivity index (χ2v) is 6.11. The Hall–Kier alpha value is -2.20. The van der Waals surface area contributed by atoms with Crippen LogP contribution in [0, 0.1) is 0 Å². The van der Waals surface area contributed by atoms with Crippen LogP contribution in [0.25, 0.3) is 22.2 Å². The highest BCUT2D eigenvalue weighted by Gasteiger charge is 2.17. The largest absolute Gasteiger partial charge is 0.452 e. The van der Waals surface area contributed by atoms with Crippen LogP contribution < -0.4 is 9.47 Å². The molecule has 3 aromatic rings. The number of H-pyrrole nitrogens is 1. The summed E-state index contributed by atoms with van der Waals surface area (Å²) < 4.78 is 10.6. The maximum Gasteiger partial charge on any atom is 0.260 e. The molecule has 0 fully saturated rings. The van der Waals surface area contributed by atoms with Gasteiger partial charge >= 0.3 is 0 Å². The van der Waals surface area contributed by atoms with E-state index in [2.05, 4.69) is 29.9 Å². The number of nitrogens with zero attached hydrogens (tertiary/aromatic N) is 1. The predicted molar refractivity (Wildman–Crippen MR) is 86.8 cm³/mol. The summed E-state index contributed by atoms with van der Waals surface area (Å²) in [5, 5.41) is 1.78. The molecule has 0 spiro atoms. The van der Waals surface area contributed by atoms with Gasteiger partial charge in [-0.3, -0.25) is 0 Å². The maximum atomic E-state index is 6.45. The summed E-state index contributed by atoms with van der Waals surface area (Å²) in [6.07, 6.45) is 0. The molecule has 4 nitrogen and oxygen atoms in total. The van der Waals surface area contributed by atoms with E-state index in [-0.39, 0.29) is 6.79 Å². The van der Waals surface area contributed by atoms with Crippen LogP contribution >= 0.6 is 11.6 Å². The molecule has 0 unspecified atom stereocenters. The highest BCUT2D eigenvalue weighted by Crippen LogP contribution is 2.36.